The first-order valence-corrected chi connectivity index (χ1v) is 6.17. The molecule has 0 saturated carbocycles. The zero-order valence-corrected chi connectivity index (χ0v) is 11.0. The highest BCUT2D eigenvalue weighted by molar-refractivity contribution is 5.37. The van der Waals surface area contributed by atoms with Crippen LogP contribution < -0.4 is 5.32 Å². The SMILES string of the molecule is COCCCCNC(C)c1ccc(C)cc1O. The number of rotatable bonds is 7. The number of ether oxygens (including phenoxy) is 1. The molecule has 0 fully saturated rings. The summed E-state index contributed by atoms with van der Waals surface area (Å²) in [4.78, 5) is 0. The summed E-state index contributed by atoms with van der Waals surface area (Å²) in [5.74, 6) is 0.377. The maximum absolute atomic E-state index is 9.84. The summed E-state index contributed by atoms with van der Waals surface area (Å²) in [7, 11) is 1.72. The summed E-state index contributed by atoms with van der Waals surface area (Å²) in [6.45, 7) is 5.80. The van der Waals surface area contributed by atoms with E-state index in [1.54, 1.807) is 13.2 Å². The average molecular weight is 237 g/mol. The normalized spacial score (nSPS) is 12.6. The van der Waals surface area contributed by atoms with Crippen LogP contribution in [-0.2, 0) is 4.74 Å². The monoisotopic (exact) mass is 237 g/mol. The molecule has 0 spiro atoms. The van der Waals surface area contributed by atoms with Gasteiger partial charge in [-0.2, -0.15) is 0 Å². The summed E-state index contributed by atoms with van der Waals surface area (Å²) in [6.07, 6.45) is 2.15. The van der Waals surface area contributed by atoms with Gasteiger partial charge >= 0.3 is 0 Å². The van der Waals surface area contributed by atoms with Gasteiger partial charge in [0.2, 0.25) is 0 Å². The first-order chi connectivity index (χ1) is 8.15. The molecule has 0 aromatic heterocycles. The molecule has 3 nitrogen and oxygen atoms in total. The van der Waals surface area contributed by atoms with E-state index in [2.05, 4.69) is 12.2 Å². The summed E-state index contributed by atoms with van der Waals surface area (Å²) in [5, 5.41) is 13.2. The van der Waals surface area contributed by atoms with E-state index in [1.165, 1.54) is 0 Å². The Bertz CT molecular complexity index is 339. The number of phenols is 1. The number of phenolic OH excluding ortho intramolecular Hbond substituents is 1. The molecule has 3 heteroatoms. The van der Waals surface area contributed by atoms with Gasteiger partial charge in [0.25, 0.3) is 0 Å². The Balaban J connectivity index is 2.38. The van der Waals surface area contributed by atoms with Crippen molar-refractivity contribution in [2.24, 2.45) is 0 Å². The van der Waals surface area contributed by atoms with Crippen molar-refractivity contribution in [1.29, 1.82) is 0 Å². The Labute approximate surface area is 104 Å². The smallest absolute Gasteiger partial charge is 0.120 e. The molecule has 2 N–H and O–H groups in total. The van der Waals surface area contributed by atoms with Crippen LogP contribution in [-0.4, -0.2) is 25.4 Å². The molecule has 1 atom stereocenters. The number of hydrogen-bond acceptors (Lipinski definition) is 3. The number of unbranched alkanes of at least 4 members (excludes halogenated alkanes) is 1. The first kappa shape index (κ1) is 14.0. The highest BCUT2D eigenvalue weighted by Gasteiger charge is 2.09. The maximum Gasteiger partial charge on any atom is 0.120 e. The van der Waals surface area contributed by atoms with Crippen LogP contribution in [0.25, 0.3) is 0 Å². The molecule has 0 heterocycles. The Kier molecular flexibility index (Phi) is 6.01. The maximum atomic E-state index is 9.84. The highest BCUT2D eigenvalue weighted by Crippen LogP contribution is 2.24. The van der Waals surface area contributed by atoms with Crippen LogP contribution in [0.5, 0.6) is 5.75 Å². The van der Waals surface area contributed by atoms with E-state index in [-0.39, 0.29) is 6.04 Å². The topological polar surface area (TPSA) is 41.5 Å². The van der Waals surface area contributed by atoms with Crippen molar-refractivity contribution in [1.82, 2.24) is 5.32 Å². The first-order valence-electron chi connectivity index (χ1n) is 6.17. The molecule has 96 valence electrons. The van der Waals surface area contributed by atoms with Crippen LogP contribution in [0, 0.1) is 6.92 Å². The largest absolute Gasteiger partial charge is 0.508 e. The van der Waals surface area contributed by atoms with Gasteiger partial charge in [-0.15, -0.1) is 0 Å². The minimum absolute atomic E-state index is 0.179. The molecule has 17 heavy (non-hydrogen) atoms. The lowest BCUT2D eigenvalue weighted by molar-refractivity contribution is 0.192. The molecule has 0 aliphatic rings. The molecule has 0 amide bonds. The van der Waals surface area contributed by atoms with E-state index in [0.717, 1.165) is 37.1 Å². The van der Waals surface area contributed by atoms with Crippen LogP contribution in [0.4, 0.5) is 0 Å². The lowest BCUT2D eigenvalue weighted by atomic mass is 10.0. The van der Waals surface area contributed by atoms with E-state index in [0.29, 0.717) is 5.75 Å². The zero-order valence-electron chi connectivity index (χ0n) is 11.0. The Hall–Kier alpha value is -1.06. The second-order valence-corrected chi connectivity index (χ2v) is 4.44. The van der Waals surface area contributed by atoms with Gasteiger partial charge in [0.1, 0.15) is 5.75 Å². The number of aryl methyl sites for hydroxylation is 1. The predicted octanol–water partition coefficient (Wildman–Crippen LogP) is 2.78. The van der Waals surface area contributed by atoms with Crippen molar-refractivity contribution in [2.45, 2.75) is 32.7 Å². The van der Waals surface area contributed by atoms with Gasteiger partial charge in [0, 0.05) is 25.3 Å². The molecule has 1 rings (SSSR count). The third kappa shape index (κ3) is 4.75. The van der Waals surface area contributed by atoms with Crippen LogP contribution in [0.15, 0.2) is 18.2 Å². The van der Waals surface area contributed by atoms with Crippen molar-refractivity contribution in [3.05, 3.63) is 29.3 Å². The highest BCUT2D eigenvalue weighted by atomic mass is 16.5. The van der Waals surface area contributed by atoms with Gasteiger partial charge in [-0.1, -0.05) is 12.1 Å². The van der Waals surface area contributed by atoms with Crippen LogP contribution in [0.3, 0.4) is 0 Å². The van der Waals surface area contributed by atoms with Gasteiger partial charge in [0.15, 0.2) is 0 Å². The number of benzene rings is 1. The molecule has 1 aromatic carbocycles. The van der Waals surface area contributed by atoms with Crippen molar-refractivity contribution in [3.63, 3.8) is 0 Å². The second-order valence-electron chi connectivity index (χ2n) is 4.44. The van der Waals surface area contributed by atoms with Crippen LogP contribution >= 0.6 is 0 Å². The van der Waals surface area contributed by atoms with Crippen LogP contribution in [0.2, 0.25) is 0 Å². The number of aromatic hydroxyl groups is 1. The Morgan fingerprint density at radius 2 is 2.12 bits per heavy atom. The van der Waals surface area contributed by atoms with Crippen LogP contribution in [0.1, 0.15) is 36.9 Å². The number of nitrogens with one attached hydrogen (secondary N) is 1. The van der Waals surface area contributed by atoms with E-state index in [9.17, 15) is 5.11 Å². The summed E-state index contributed by atoms with van der Waals surface area (Å²) in [5.41, 5.74) is 2.04. The van der Waals surface area contributed by atoms with Crippen molar-refractivity contribution in [3.8, 4) is 5.75 Å². The quantitative estimate of drug-likeness (QED) is 0.716. The summed E-state index contributed by atoms with van der Waals surface area (Å²) >= 11 is 0. The van der Waals surface area contributed by atoms with Gasteiger partial charge in [0.05, 0.1) is 0 Å². The summed E-state index contributed by atoms with van der Waals surface area (Å²) in [6, 6.07) is 5.99. The van der Waals surface area contributed by atoms with Gasteiger partial charge in [-0.25, -0.2) is 0 Å². The zero-order chi connectivity index (χ0) is 12.7. The molecular weight excluding hydrogens is 214 g/mol. The van der Waals surface area contributed by atoms with Gasteiger partial charge in [-0.3, -0.25) is 0 Å². The molecule has 0 radical (unpaired) electrons. The fourth-order valence-electron chi connectivity index (χ4n) is 1.82. The van der Waals surface area contributed by atoms with E-state index in [4.69, 9.17) is 4.74 Å². The fraction of sp³-hybridized carbons (Fsp3) is 0.571. The fourth-order valence-corrected chi connectivity index (χ4v) is 1.82. The molecule has 1 aromatic rings. The predicted molar refractivity (Wildman–Crippen MR) is 70.4 cm³/mol. The standard InChI is InChI=1S/C14H23NO2/c1-11-6-7-13(14(16)10-11)12(2)15-8-4-5-9-17-3/h6-7,10,12,15-16H,4-5,8-9H2,1-3H3. The second kappa shape index (κ2) is 7.30. The van der Waals surface area contributed by atoms with Gasteiger partial charge < -0.3 is 15.2 Å². The minimum atomic E-state index is 0.179. The third-order valence-electron chi connectivity index (χ3n) is 2.88. The van der Waals surface area contributed by atoms with E-state index >= 15 is 0 Å². The van der Waals surface area contributed by atoms with E-state index < -0.39 is 0 Å². The molecular formula is C14H23NO2. The molecule has 0 bridgehead atoms. The lowest BCUT2D eigenvalue weighted by Gasteiger charge is -2.15. The number of methoxy groups -OCH3 is 1. The van der Waals surface area contributed by atoms with Crippen molar-refractivity contribution in [2.75, 3.05) is 20.3 Å². The molecule has 0 saturated heterocycles. The van der Waals surface area contributed by atoms with Crippen molar-refractivity contribution < 1.29 is 9.84 Å². The molecule has 0 aliphatic carbocycles. The number of hydrogen-bond donors (Lipinski definition) is 2. The lowest BCUT2D eigenvalue weighted by Crippen LogP contribution is -2.20. The van der Waals surface area contributed by atoms with Gasteiger partial charge in [-0.05, 0) is 44.9 Å². The molecule has 1 unspecified atom stereocenters. The van der Waals surface area contributed by atoms with E-state index in [1.807, 2.05) is 19.1 Å². The average Bonchev–Trinajstić information content (AvgIpc) is 2.28. The third-order valence-corrected chi connectivity index (χ3v) is 2.88. The molecule has 0 aliphatic heterocycles. The summed E-state index contributed by atoms with van der Waals surface area (Å²) < 4.78 is 5.00. The minimum Gasteiger partial charge on any atom is -0.508 e. The van der Waals surface area contributed by atoms with Crippen molar-refractivity contribution >= 4 is 0 Å². The Morgan fingerprint density at radius 1 is 1.35 bits per heavy atom. The Morgan fingerprint density at radius 3 is 2.76 bits per heavy atom.